The molecule has 0 unspecified atom stereocenters. The Hall–Kier alpha value is -1.15. The molecule has 0 fully saturated rings. The largest absolute Gasteiger partial charge is 0.355 e. The molecule has 8 heteroatoms. The Balaban J connectivity index is 4.00. The van der Waals surface area contributed by atoms with Gasteiger partial charge in [0, 0.05) is 32.5 Å². The smallest absolute Gasteiger partial charge is 0.266 e. The molecule has 0 aliphatic heterocycles. The fourth-order valence-electron chi connectivity index (χ4n) is 1.69. The summed E-state index contributed by atoms with van der Waals surface area (Å²) in [6.07, 6.45) is 1.87. The summed E-state index contributed by atoms with van der Waals surface area (Å²) < 4.78 is 29.4. The van der Waals surface area contributed by atoms with Crippen LogP contribution in [0.25, 0.3) is 0 Å². The predicted octanol–water partition coefficient (Wildman–Crippen LogP) is 0.419. The number of hydrogen-bond acceptors (Lipinski definition) is 4. The molecule has 0 rings (SSSR count). The van der Waals surface area contributed by atoms with E-state index in [4.69, 9.17) is 4.55 Å². The van der Waals surface area contributed by atoms with Crippen molar-refractivity contribution in [3.8, 4) is 0 Å². The average molecular weight is 308 g/mol. The van der Waals surface area contributed by atoms with E-state index in [9.17, 15) is 18.0 Å². The topological polar surface area (TPSA) is 104 Å². The van der Waals surface area contributed by atoms with Crippen LogP contribution in [0.2, 0.25) is 0 Å². The highest BCUT2D eigenvalue weighted by Crippen LogP contribution is 2.01. The minimum Gasteiger partial charge on any atom is -0.355 e. The van der Waals surface area contributed by atoms with E-state index in [1.165, 1.54) is 0 Å². The van der Waals surface area contributed by atoms with Crippen molar-refractivity contribution in [2.45, 2.75) is 39.5 Å². The van der Waals surface area contributed by atoms with Crippen LogP contribution < -0.4 is 5.32 Å². The van der Waals surface area contributed by atoms with Gasteiger partial charge in [0.05, 0.1) is 5.75 Å². The van der Waals surface area contributed by atoms with E-state index in [-0.39, 0.29) is 25.3 Å². The van der Waals surface area contributed by atoms with E-state index in [0.29, 0.717) is 13.1 Å². The summed E-state index contributed by atoms with van der Waals surface area (Å²) in [4.78, 5) is 25.0. The second-order valence-corrected chi connectivity index (χ2v) is 6.09. The first-order valence-electron chi connectivity index (χ1n) is 6.79. The van der Waals surface area contributed by atoms with Gasteiger partial charge in [-0.2, -0.15) is 8.42 Å². The normalized spacial score (nSPS) is 11.2. The second kappa shape index (κ2) is 9.71. The highest BCUT2D eigenvalue weighted by molar-refractivity contribution is 7.85. The molecule has 0 radical (unpaired) electrons. The quantitative estimate of drug-likeness (QED) is 0.569. The van der Waals surface area contributed by atoms with Crippen LogP contribution in [0.3, 0.4) is 0 Å². The van der Waals surface area contributed by atoms with Crippen molar-refractivity contribution in [3.63, 3.8) is 0 Å². The second-order valence-electron chi connectivity index (χ2n) is 4.52. The minimum absolute atomic E-state index is 0.0221. The lowest BCUT2D eigenvalue weighted by Crippen LogP contribution is -2.34. The molecular formula is C12H24N2O5S. The Bertz CT molecular complexity index is 402. The zero-order valence-corrected chi connectivity index (χ0v) is 12.9. The lowest BCUT2D eigenvalue weighted by atomic mass is 10.2. The van der Waals surface area contributed by atoms with Crippen LogP contribution in [-0.4, -0.2) is 55.1 Å². The maximum atomic E-state index is 11.9. The Morgan fingerprint density at radius 2 is 1.65 bits per heavy atom. The van der Waals surface area contributed by atoms with E-state index in [1.807, 2.05) is 13.8 Å². The van der Waals surface area contributed by atoms with Gasteiger partial charge in [-0.3, -0.25) is 14.1 Å². The third kappa shape index (κ3) is 9.74. The van der Waals surface area contributed by atoms with Gasteiger partial charge in [-0.25, -0.2) is 0 Å². The highest BCUT2D eigenvalue weighted by Gasteiger charge is 2.13. The van der Waals surface area contributed by atoms with Crippen LogP contribution in [0.1, 0.15) is 39.5 Å². The molecule has 20 heavy (non-hydrogen) atoms. The Morgan fingerprint density at radius 3 is 2.10 bits per heavy atom. The van der Waals surface area contributed by atoms with E-state index >= 15 is 0 Å². The molecular weight excluding hydrogens is 284 g/mol. The number of nitrogens with one attached hydrogen (secondary N) is 1. The van der Waals surface area contributed by atoms with Crippen LogP contribution in [0, 0.1) is 0 Å². The predicted molar refractivity (Wildman–Crippen MR) is 75.8 cm³/mol. The van der Waals surface area contributed by atoms with Crippen molar-refractivity contribution >= 4 is 21.9 Å². The molecule has 0 heterocycles. The third-order valence-electron chi connectivity index (χ3n) is 2.59. The molecule has 7 nitrogen and oxygen atoms in total. The summed E-state index contributed by atoms with van der Waals surface area (Å²) in [5.74, 6) is -0.988. The molecule has 0 aromatic carbocycles. The fourth-order valence-corrected chi connectivity index (χ4v) is 2.05. The molecule has 0 atom stereocenters. The number of amides is 2. The van der Waals surface area contributed by atoms with Crippen molar-refractivity contribution in [1.29, 1.82) is 0 Å². The lowest BCUT2D eigenvalue weighted by Gasteiger charge is -2.21. The third-order valence-corrected chi connectivity index (χ3v) is 3.31. The van der Waals surface area contributed by atoms with Gasteiger partial charge in [0.2, 0.25) is 11.8 Å². The number of rotatable bonds is 10. The standard InChI is InChI=1S/C12H24N2O5S/c1-3-8-14(9-4-2)12(16)6-5-11(15)13-7-10-20(17,18)19/h3-10H2,1-2H3,(H,13,15)(H,17,18,19). The van der Waals surface area contributed by atoms with E-state index in [1.54, 1.807) is 4.90 Å². The van der Waals surface area contributed by atoms with Gasteiger partial charge in [0.15, 0.2) is 0 Å². The Labute approximate surface area is 120 Å². The summed E-state index contributed by atoms with van der Waals surface area (Å²) in [6, 6.07) is 0. The van der Waals surface area contributed by atoms with Crippen molar-refractivity contribution < 1.29 is 22.6 Å². The maximum absolute atomic E-state index is 11.9. The molecule has 0 aromatic rings. The molecule has 0 saturated carbocycles. The van der Waals surface area contributed by atoms with Gasteiger partial charge in [0.1, 0.15) is 0 Å². The van der Waals surface area contributed by atoms with Crippen LogP contribution in [0.4, 0.5) is 0 Å². The summed E-state index contributed by atoms with van der Waals surface area (Å²) in [6.45, 7) is 5.17. The molecule has 2 N–H and O–H groups in total. The first-order chi connectivity index (χ1) is 9.30. The zero-order valence-electron chi connectivity index (χ0n) is 12.1. The van der Waals surface area contributed by atoms with Crippen molar-refractivity contribution in [1.82, 2.24) is 10.2 Å². The number of carbonyl (C=O) groups is 2. The molecule has 0 aliphatic rings. The molecule has 0 saturated heterocycles. The highest BCUT2D eigenvalue weighted by atomic mass is 32.2. The summed E-state index contributed by atoms with van der Waals surface area (Å²) in [5, 5.41) is 2.35. The van der Waals surface area contributed by atoms with Gasteiger partial charge in [-0.1, -0.05) is 13.8 Å². The van der Waals surface area contributed by atoms with Crippen molar-refractivity contribution in [3.05, 3.63) is 0 Å². The van der Waals surface area contributed by atoms with Gasteiger partial charge in [-0.05, 0) is 12.8 Å². The number of hydrogen-bond donors (Lipinski definition) is 2. The number of nitrogens with zero attached hydrogens (tertiary/aromatic N) is 1. The first-order valence-corrected chi connectivity index (χ1v) is 8.40. The molecule has 118 valence electrons. The Kier molecular flexibility index (Phi) is 9.15. The van der Waals surface area contributed by atoms with Crippen LogP contribution in [0.5, 0.6) is 0 Å². The fraction of sp³-hybridized carbons (Fsp3) is 0.833. The van der Waals surface area contributed by atoms with E-state index in [0.717, 1.165) is 12.8 Å². The summed E-state index contributed by atoms with van der Waals surface area (Å²) in [7, 11) is -4.07. The lowest BCUT2D eigenvalue weighted by molar-refractivity contribution is -0.133. The zero-order chi connectivity index (χ0) is 15.6. The average Bonchev–Trinajstić information content (AvgIpc) is 2.34. The molecule has 0 aliphatic carbocycles. The van der Waals surface area contributed by atoms with Crippen LogP contribution in [0.15, 0.2) is 0 Å². The van der Waals surface area contributed by atoms with Crippen molar-refractivity contribution in [2.24, 2.45) is 0 Å². The van der Waals surface area contributed by atoms with Crippen molar-refractivity contribution in [2.75, 3.05) is 25.4 Å². The molecule has 2 amide bonds. The van der Waals surface area contributed by atoms with Gasteiger partial charge >= 0.3 is 0 Å². The monoisotopic (exact) mass is 308 g/mol. The van der Waals surface area contributed by atoms with E-state index in [2.05, 4.69) is 5.32 Å². The van der Waals surface area contributed by atoms with Gasteiger partial charge in [-0.15, -0.1) is 0 Å². The molecule has 0 aromatic heterocycles. The summed E-state index contributed by atoms with van der Waals surface area (Å²) >= 11 is 0. The van der Waals surface area contributed by atoms with Gasteiger partial charge < -0.3 is 10.2 Å². The van der Waals surface area contributed by atoms with E-state index < -0.39 is 21.8 Å². The van der Waals surface area contributed by atoms with Crippen LogP contribution in [-0.2, 0) is 19.7 Å². The SMILES string of the molecule is CCCN(CCC)C(=O)CCC(=O)NCCS(=O)(=O)O. The van der Waals surface area contributed by atoms with Crippen LogP contribution >= 0.6 is 0 Å². The first kappa shape index (κ1) is 18.9. The molecule has 0 spiro atoms. The Morgan fingerprint density at radius 1 is 1.10 bits per heavy atom. The molecule has 0 bridgehead atoms. The summed E-state index contributed by atoms with van der Waals surface area (Å²) in [5.41, 5.74) is 0. The number of carbonyl (C=O) groups excluding carboxylic acids is 2. The van der Waals surface area contributed by atoms with Gasteiger partial charge in [0.25, 0.3) is 10.1 Å². The maximum Gasteiger partial charge on any atom is 0.266 e. The minimum atomic E-state index is -4.07.